The van der Waals surface area contributed by atoms with Crippen molar-refractivity contribution in [1.82, 2.24) is 10.4 Å². The Morgan fingerprint density at radius 1 is 1.60 bits per heavy atom. The zero-order valence-electron chi connectivity index (χ0n) is 5.24. The van der Waals surface area contributed by atoms with Crippen molar-refractivity contribution >= 4 is 12.1 Å². The van der Waals surface area contributed by atoms with Gasteiger partial charge in [0.2, 0.25) is 6.41 Å². The molecular weight excluding hydrogens is 130 g/mol. The van der Waals surface area contributed by atoms with Gasteiger partial charge in [-0.05, 0) is 12.1 Å². The molecule has 0 saturated heterocycles. The molecule has 0 atom stereocenters. The third-order valence-corrected chi connectivity index (χ3v) is 0.937. The van der Waals surface area contributed by atoms with Crippen LogP contribution in [0.5, 0.6) is 0 Å². The smallest absolute Gasteiger partial charge is 0.225 e. The third kappa shape index (κ3) is 1.74. The summed E-state index contributed by atoms with van der Waals surface area (Å²) in [5, 5.41) is 0. The number of carbonyl (C=O) groups excluding carboxylic acids is 1. The monoisotopic (exact) mass is 137 g/mol. The van der Waals surface area contributed by atoms with Gasteiger partial charge in [0.1, 0.15) is 0 Å². The van der Waals surface area contributed by atoms with Crippen molar-refractivity contribution < 1.29 is 4.79 Å². The van der Waals surface area contributed by atoms with Gasteiger partial charge in [-0.15, -0.1) is 0 Å². The number of hydrogen-bond donors (Lipinski definition) is 2. The van der Waals surface area contributed by atoms with Crippen molar-refractivity contribution in [2.24, 2.45) is 0 Å². The number of carbonyl (C=O) groups is 1. The SMILES string of the molecule is O=CNNc1cccnc1. The summed E-state index contributed by atoms with van der Waals surface area (Å²) in [5.41, 5.74) is 5.67. The van der Waals surface area contributed by atoms with E-state index >= 15 is 0 Å². The molecular formula is C6H7N3O. The molecule has 0 spiro atoms. The molecule has 0 aromatic carbocycles. The first-order chi connectivity index (χ1) is 4.93. The summed E-state index contributed by atoms with van der Waals surface area (Å²) in [7, 11) is 0. The standard InChI is InChI=1S/C6H7N3O/c10-5-8-9-6-2-1-3-7-4-6/h1-5,9H,(H,8,10). The molecule has 0 aliphatic rings. The number of nitrogens with one attached hydrogen (secondary N) is 2. The van der Waals surface area contributed by atoms with E-state index in [-0.39, 0.29) is 0 Å². The second kappa shape index (κ2) is 3.45. The maximum Gasteiger partial charge on any atom is 0.225 e. The number of hydrogen-bond acceptors (Lipinski definition) is 3. The lowest BCUT2D eigenvalue weighted by Crippen LogP contribution is -2.18. The molecule has 2 N–H and O–H groups in total. The quantitative estimate of drug-likeness (QED) is 0.460. The fourth-order valence-corrected chi connectivity index (χ4v) is 0.549. The molecule has 0 unspecified atom stereocenters. The molecule has 4 nitrogen and oxygen atoms in total. The van der Waals surface area contributed by atoms with E-state index in [4.69, 9.17) is 0 Å². The minimum absolute atomic E-state index is 0.562. The third-order valence-electron chi connectivity index (χ3n) is 0.937. The van der Waals surface area contributed by atoms with Crippen LogP contribution in [-0.2, 0) is 4.79 Å². The van der Waals surface area contributed by atoms with Crippen molar-refractivity contribution in [3.8, 4) is 0 Å². The normalized spacial score (nSPS) is 8.40. The van der Waals surface area contributed by atoms with Crippen LogP contribution >= 0.6 is 0 Å². The van der Waals surface area contributed by atoms with E-state index in [0.29, 0.717) is 6.41 Å². The predicted octanol–water partition coefficient (Wildman–Crippen LogP) is 0.154. The zero-order chi connectivity index (χ0) is 7.23. The largest absolute Gasteiger partial charge is 0.297 e. The number of amides is 1. The van der Waals surface area contributed by atoms with Gasteiger partial charge >= 0.3 is 0 Å². The first-order valence-corrected chi connectivity index (χ1v) is 2.78. The van der Waals surface area contributed by atoms with E-state index in [1.807, 2.05) is 0 Å². The van der Waals surface area contributed by atoms with Crippen LogP contribution in [-0.4, -0.2) is 11.4 Å². The fraction of sp³-hybridized carbons (Fsp3) is 0. The van der Waals surface area contributed by atoms with Crippen molar-refractivity contribution in [3.05, 3.63) is 24.5 Å². The van der Waals surface area contributed by atoms with Gasteiger partial charge in [-0.25, -0.2) is 0 Å². The highest BCUT2D eigenvalue weighted by atomic mass is 16.1. The molecule has 10 heavy (non-hydrogen) atoms. The van der Waals surface area contributed by atoms with E-state index < -0.39 is 0 Å². The Bertz CT molecular complexity index is 199. The molecule has 0 aliphatic heterocycles. The van der Waals surface area contributed by atoms with Crippen LogP contribution in [0.3, 0.4) is 0 Å². The van der Waals surface area contributed by atoms with E-state index in [1.165, 1.54) is 0 Å². The Labute approximate surface area is 58.2 Å². The molecule has 0 bridgehead atoms. The second-order valence-electron chi connectivity index (χ2n) is 1.63. The highest BCUT2D eigenvalue weighted by Gasteiger charge is 1.83. The summed E-state index contributed by atoms with van der Waals surface area (Å²) in [6.45, 7) is 0. The van der Waals surface area contributed by atoms with Gasteiger partial charge < -0.3 is 0 Å². The van der Waals surface area contributed by atoms with Crippen LogP contribution in [0.2, 0.25) is 0 Å². The average Bonchev–Trinajstić information content (AvgIpc) is 2.03. The summed E-state index contributed by atoms with van der Waals surface area (Å²) in [4.78, 5) is 13.6. The Hall–Kier alpha value is -1.58. The highest BCUT2D eigenvalue weighted by Crippen LogP contribution is 1.98. The molecule has 52 valence electrons. The van der Waals surface area contributed by atoms with Gasteiger partial charge in [0.15, 0.2) is 0 Å². The van der Waals surface area contributed by atoms with Gasteiger partial charge in [0.05, 0.1) is 11.9 Å². The van der Waals surface area contributed by atoms with Crippen molar-refractivity contribution in [2.75, 3.05) is 5.43 Å². The Morgan fingerprint density at radius 3 is 3.10 bits per heavy atom. The molecule has 1 aromatic rings. The minimum atomic E-state index is 0.562. The lowest BCUT2D eigenvalue weighted by molar-refractivity contribution is -0.109. The zero-order valence-corrected chi connectivity index (χ0v) is 5.24. The van der Waals surface area contributed by atoms with Gasteiger partial charge in [0, 0.05) is 6.20 Å². The van der Waals surface area contributed by atoms with Crippen molar-refractivity contribution in [3.63, 3.8) is 0 Å². The van der Waals surface area contributed by atoms with E-state index in [1.54, 1.807) is 24.5 Å². The number of pyridine rings is 1. The lowest BCUT2D eigenvalue weighted by Gasteiger charge is -2.00. The molecule has 1 heterocycles. The highest BCUT2D eigenvalue weighted by molar-refractivity contribution is 5.51. The number of rotatable bonds is 3. The second-order valence-corrected chi connectivity index (χ2v) is 1.63. The molecule has 0 aliphatic carbocycles. The average molecular weight is 137 g/mol. The molecule has 0 saturated carbocycles. The summed E-state index contributed by atoms with van der Waals surface area (Å²) < 4.78 is 0. The van der Waals surface area contributed by atoms with E-state index in [2.05, 4.69) is 15.8 Å². The number of nitrogens with zero attached hydrogens (tertiary/aromatic N) is 1. The number of hydrazine groups is 1. The first-order valence-electron chi connectivity index (χ1n) is 2.78. The molecule has 0 radical (unpaired) electrons. The number of anilines is 1. The van der Waals surface area contributed by atoms with Gasteiger partial charge in [-0.2, -0.15) is 0 Å². The molecule has 1 aromatic heterocycles. The van der Waals surface area contributed by atoms with Crippen LogP contribution in [0.4, 0.5) is 5.69 Å². The molecule has 4 heteroatoms. The maximum absolute atomic E-state index is 9.78. The Balaban J connectivity index is 2.50. The minimum Gasteiger partial charge on any atom is -0.297 e. The lowest BCUT2D eigenvalue weighted by atomic mass is 10.4. The van der Waals surface area contributed by atoms with Crippen LogP contribution in [0.1, 0.15) is 0 Å². The first kappa shape index (κ1) is 6.54. The van der Waals surface area contributed by atoms with Crippen LogP contribution in [0.25, 0.3) is 0 Å². The Kier molecular flexibility index (Phi) is 2.25. The number of aromatic nitrogens is 1. The predicted molar refractivity (Wildman–Crippen MR) is 37.1 cm³/mol. The van der Waals surface area contributed by atoms with Crippen LogP contribution in [0.15, 0.2) is 24.5 Å². The molecule has 1 amide bonds. The topological polar surface area (TPSA) is 54.0 Å². The van der Waals surface area contributed by atoms with Crippen LogP contribution < -0.4 is 10.9 Å². The summed E-state index contributed by atoms with van der Waals surface area (Å²) >= 11 is 0. The van der Waals surface area contributed by atoms with Crippen molar-refractivity contribution in [1.29, 1.82) is 0 Å². The van der Waals surface area contributed by atoms with Gasteiger partial charge in [-0.1, -0.05) is 0 Å². The molecule has 0 fully saturated rings. The van der Waals surface area contributed by atoms with E-state index in [9.17, 15) is 4.79 Å². The summed E-state index contributed by atoms with van der Waals surface area (Å²) in [6, 6.07) is 3.57. The van der Waals surface area contributed by atoms with Gasteiger partial charge in [0.25, 0.3) is 0 Å². The van der Waals surface area contributed by atoms with Gasteiger partial charge in [-0.3, -0.25) is 20.6 Å². The Morgan fingerprint density at radius 2 is 2.50 bits per heavy atom. The van der Waals surface area contributed by atoms with Crippen LogP contribution in [0, 0.1) is 0 Å². The maximum atomic E-state index is 9.78. The summed E-state index contributed by atoms with van der Waals surface area (Å²) in [6.07, 6.45) is 3.83. The van der Waals surface area contributed by atoms with E-state index in [0.717, 1.165) is 5.69 Å². The fourth-order valence-electron chi connectivity index (χ4n) is 0.549. The molecule has 1 rings (SSSR count). The van der Waals surface area contributed by atoms with Crippen molar-refractivity contribution in [2.45, 2.75) is 0 Å². The summed E-state index contributed by atoms with van der Waals surface area (Å²) in [5.74, 6) is 0.